The van der Waals surface area contributed by atoms with Crippen molar-refractivity contribution in [1.82, 2.24) is 10.7 Å². The molecule has 0 bridgehead atoms. The van der Waals surface area contributed by atoms with Crippen LogP contribution in [0.4, 0.5) is 5.69 Å². The standard InChI is InChI=1S/C28H29N3O5/c1-17-20-9-5-6-10-21(20)22-11-7-8-12-23(22)31(28(17)34)30-27(33)18(2)29-26(32)16-19-13-14-24(35-3)25(15-19)36-4/h5-15,17-18H,16H2,1-4H3,(H,29,32)(H,30,33)/t17?,18-/m0/s1. The van der Waals surface area contributed by atoms with Gasteiger partial charge in [-0.3, -0.25) is 19.8 Å². The summed E-state index contributed by atoms with van der Waals surface area (Å²) in [6.45, 7) is 3.40. The Bertz CT molecular complexity index is 1310. The van der Waals surface area contributed by atoms with Crippen LogP contribution in [0.1, 0.15) is 30.9 Å². The Hall–Kier alpha value is -4.33. The lowest BCUT2D eigenvalue weighted by Crippen LogP contribution is -2.54. The summed E-state index contributed by atoms with van der Waals surface area (Å²) in [4.78, 5) is 39.1. The molecule has 186 valence electrons. The molecule has 3 aromatic rings. The molecule has 4 rings (SSSR count). The monoisotopic (exact) mass is 487 g/mol. The maximum Gasteiger partial charge on any atom is 0.261 e. The van der Waals surface area contributed by atoms with Gasteiger partial charge in [0.25, 0.3) is 11.8 Å². The van der Waals surface area contributed by atoms with Crippen LogP contribution >= 0.6 is 0 Å². The zero-order valence-corrected chi connectivity index (χ0v) is 20.7. The third-order valence-corrected chi connectivity index (χ3v) is 6.26. The molecule has 36 heavy (non-hydrogen) atoms. The van der Waals surface area contributed by atoms with Crippen molar-refractivity contribution in [2.75, 3.05) is 19.2 Å². The SMILES string of the molecule is COc1ccc(CC(=O)N[C@@H](C)C(=O)NN2C(=O)C(C)c3ccccc3-c3ccccc32)cc1OC. The molecule has 0 saturated heterocycles. The van der Waals surface area contributed by atoms with Crippen LogP contribution in [-0.4, -0.2) is 38.0 Å². The Balaban J connectivity index is 1.49. The second kappa shape index (κ2) is 10.5. The predicted molar refractivity (Wildman–Crippen MR) is 137 cm³/mol. The normalized spacial score (nSPS) is 15.2. The first-order chi connectivity index (χ1) is 17.3. The van der Waals surface area contributed by atoms with Gasteiger partial charge in [-0.2, -0.15) is 0 Å². The highest BCUT2D eigenvalue weighted by Crippen LogP contribution is 2.40. The lowest BCUT2D eigenvalue weighted by atomic mass is 9.92. The molecule has 1 aliphatic heterocycles. The predicted octanol–water partition coefficient (Wildman–Crippen LogP) is 3.60. The Labute approximate surface area is 210 Å². The van der Waals surface area contributed by atoms with Crippen molar-refractivity contribution in [2.24, 2.45) is 0 Å². The molecule has 2 atom stereocenters. The topological polar surface area (TPSA) is 97.0 Å². The summed E-state index contributed by atoms with van der Waals surface area (Å²) >= 11 is 0. The van der Waals surface area contributed by atoms with Crippen molar-refractivity contribution in [1.29, 1.82) is 0 Å². The molecule has 0 fully saturated rings. The molecule has 1 unspecified atom stereocenters. The van der Waals surface area contributed by atoms with Gasteiger partial charge < -0.3 is 14.8 Å². The fourth-order valence-corrected chi connectivity index (χ4v) is 4.32. The minimum atomic E-state index is -0.876. The van der Waals surface area contributed by atoms with Gasteiger partial charge in [-0.15, -0.1) is 0 Å². The number of hydrogen-bond donors (Lipinski definition) is 2. The molecule has 8 nitrogen and oxygen atoms in total. The van der Waals surface area contributed by atoms with Crippen LogP contribution in [-0.2, 0) is 20.8 Å². The van der Waals surface area contributed by atoms with Crippen LogP contribution < -0.4 is 25.2 Å². The first kappa shape index (κ1) is 24.8. The average Bonchev–Trinajstić information content (AvgIpc) is 2.98. The summed E-state index contributed by atoms with van der Waals surface area (Å²) in [6.07, 6.45) is 0.0514. The van der Waals surface area contributed by atoms with Gasteiger partial charge >= 0.3 is 0 Å². The first-order valence-corrected chi connectivity index (χ1v) is 11.7. The highest BCUT2D eigenvalue weighted by Gasteiger charge is 2.33. The van der Waals surface area contributed by atoms with E-state index in [4.69, 9.17) is 9.47 Å². The summed E-state index contributed by atoms with van der Waals surface area (Å²) in [5, 5.41) is 4.00. The number of nitrogens with zero attached hydrogens (tertiary/aromatic N) is 1. The number of methoxy groups -OCH3 is 2. The van der Waals surface area contributed by atoms with Crippen molar-refractivity contribution < 1.29 is 23.9 Å². The fraction of sp³-hybridized carbons (Fsp3) is 0.250. The van der Waals surface area contributed by atoms with Gasteiger partial charge in [0.05, 0.1) is 32.2 Å². The number of fused-ring (bicyclic) bond motifs is 3. The number of carbonyl (C=O) groups excluding carboxylic acids is 3. The van der Waals surface area contributed by atoms with Gasteiger partial charge in [0.1, 0.15) is 6.04 Å². The van der Waals surface area contributed by atoms with Crippen LogP contribution in [0.25, 0.3) is 11.1 Å². The van der Waals surface area contributed by atoms with E-state index in [1.54, 1.807) is 31.2 Å². The van der Waals surface area contributed by atoms with Gasteiger partial charge in [0.15, 0.2) is 11.5 Å². The second-order valence-corrected chi connectivity index (χ2v) is 8.63. The molecular formula is C28H29N3O5. The molecule has 2 N–H and O–H groups in total. The van der Waals surface area contributed by atoms with Gasteiger partial charge in [0, 0.05) is 5.56 Å². The molecule has 8 heteroatoms. The molecule has 0 aliphatic carbocycles. The lowest BCUT2D eigenvalue weighted by molar-refractivity contribution is -0.130. The Morgan fingerprint density at radius 2 is 1.61 bits per heavy atom. The number of hydrogen-bond acceptors (Lipinski definition) is 5. The second-order valence-electron chi connectivity index (χ2n) is 8.63. The van der Waals surface area contributed by atoms with E-state index in [9.17, 15) is 14.4 Å². The molecule has 3 amide bonds. The highest BCUT2D eigenvalue weighted by molar-refractivity contribution is 6.06. The van der Waals surface area contributed by atoms with E-state index in [-0.39, 0.29) is 18.2 Å². The Morgan fingerprint density at radius 3 is 2.33 bits per heavy atom. The maximum atomic E-state index is 13.4. The number of anilines is 1. The zero-order valence-electron chi connectivity index (χ0n) is 20.7. The van der Waals surface area contributed by atoms with E-state index in [1.165, 1.54) is 19.2 Å². The molecular weight excluding hydrogens is 458 g/mol. The number of ether oxygens (including phenoxy) is 2. The molecule has 1 aliphatic rings. The van der Waals surface area contributed by atoms with Gasteiger partial charge in [-0.05, 0) is 48.7 Å². The number of nitrogens with one attached hydrogen (secondary N) is 2. The van der Waals surface area contributed by atoms with E-state index < -0.39 is 17.9 Å². The summed E-state index contributed by atoms with van der Waals surface area (Å²) < 4.78 is 10.5. The van der Waals surface area contributed by atoms with Crippen molar-refractivity contribution in [3.05, 3.63) is 77.9 Å². The number of amides is 3. The highest BCUT2D eigenvalue weighted by atomic mass is 16.5. The van der Waals surface area contributed by atoms with Crippen LogP contribution in [0.3, 0.4) is 0 Å². The fourth-order valence-electron chi connectivity index (χ4n) is 4.32. The van der Waals surface area contributed by atoms with Crippen LogP contribution in [0.15, 0.2) is 66.7 Å². The molecule has 0 spiro atoms. The number of benzene rings is 3. The number of rotatable bonds is 7. The number of hydrazine groups is 1. The largest absolute Gasteiger partial charge is 0.493 e. The molecule has 3 aromatic carbocycles. The Morgan fingerprint density at radius 1 is 0.944 bits per heavy atom. The van der Waals surface area contributed by atoms with Crippen molar-refractivity contribution in [3.8, 4) is 22.6 Å². The van der Waals surface area contributed by atoms with Crippen LogP contribution in [0.5, 0.6) is 11.5 Å². The quantitative estimate of drug-likeness (QED) is 0.531. The van der Waals surface area contributed by atoms with Crippen LogP contribution in [0, 0.1) is 0 Å². The van der Waals surface area contributed by atoms with Crippen LogP contribution in [0.2, 0.25) is 0 Å². The number of carbonyl (C=O) groups is 3. The lowest BCUT2D eigenvalue weighted by Gasteiger charge is -2.27. The number of para-hydroxylation sites is 1. The minimum absolute atomic E-state index is 0.0514. The third-order valence-electron chi connectivity index (χ3n) is 6.26. The van der Waals surface area contributed by atoms with E-state index in [0.29, 0.717) is 22.7 Å². The molecule has 0 saturated carbocycles. The van der Waals surface area contributed by atoms with E-state index in [1.807, 2.05) is 49.4 Å². The molecule has 0 radical (unpaired) electrons. The van der Waals surface area contributed by atoms with E-state index in [0.717, 1.165) is 16.7 Å². The van der Waals surface area contributed by atoms with E-state index in [2.05, 4.69) is 10.7 Å². The third kappa shape index (κ3) is 4.88. The molecule has 1 heterocycles. The van der Waals surface area contributed by atoms with Crippen molar-refractivity contribution >= 4 is 23.4 Å². The smallest absolute Gasteiger partial charge is 0.261 e. The Kier molecular flexibility index (Phi) is 7.24. The van der Waals surface area contributed by atoms with Gasteiger partial charge in [-0.25, -0.2) is 5.01 Å². The molecule has 0 aromatic heterocycles. The summed E-state index contributed by atoms with van der Waals surface area (Å²) in [5.41, 5.74) is 6.70. The van der Waals surface area contributed by atoms with Gasteiger partial charge in [-0.1, -0.05) is 48.5 Å². The van der Waals surface area contributed by atoms with Gasteiger partial charge in [0.2, 0.25) is 5.91 Å². The van der Waals surface area contributed by atoms with E-state index >= 15 is 0 Å². The van der Waals surface area contributed by atoms with Crippen molar-refractivity contribution in [2.45, 2.75) is 32.2 Å². The summed E-state index contributed by atoms with van der Waals surface area (Å²) in [5.74, 6) is -0.492. The zero-order chi connectivity index (χ0) is 25.8. The average molecular weight is 488 g/mol. The minimum Gasteiger partial charge on any atom is -0.493 e. The van der Waals surface area contributed by atoms with Crippen molar-refractivity contribution in [3.63, 3.8) is 0 Å². The maximum absolute atomic E-state index is 13.4. The summed E-state index contributed by atoms with van der Waals surface area (Å²) in [6, 6.07) is 19.5. The first-order valence-electron chi connectivity index (χ1n) is 11.7. The summed E-state index contributed by atoms with van der Waals surface area (Å²) in [7, 11) is 3.06.